The van der Waals surface area contributed by atoms with Crippen LogP contribution in [0.5, 0.6) is 0 Å². The minimum atomic E-state index is -0.359. The number of nitro groups is 1. The van der Waals surface area contributed by atoms with Crippen molar-refractivity contribution in [1.29, 1.82) is 0 Å². The Kier molecular flexibility index (Phi) is 5.46. The molecule has 0 bridgehead atoms. The van der Waals surface area contributed by atoms with Crippen LogP contribution in [-0.2, 0) is 0 Å². The number of nitrogens with zero attached hydrogens (tertiary/aromatic N) is 3. The number of benzene rings is 1. The lowest BCUT2D eigenvalue weighted by molar-refractivity contribution is -0.384. The molecule has 1 fully saturated rings. The van der Waals surface area contributed by atoms with Crippen LogP contribution >= 0.6 is 22.7 Å². The lowest BCUT2D eigenvalue weighted by Crippen LogP contribution is -2.32. The summed E-state index contributed by atoms with van der Waals surface area (Å²) < 4.78 is 2.34. The number of hydrogen-bond donors (Lipinski definition) is 0. The molecule has 2 aromatic heterocycles. The highest BCUT2D eigenvalue weighted by atomic mass is 32.1. The molecule has 1 aliphatic rings. The van der Waals surface area contributed by atoms with Gasteiger partial charge in [-0.3, -0.25) is 10.1 Å². The lowest BCUT2D eigenvalue weighted by Gasteiger charge is -2.35. The molecule has 1 aromatic carbocycles. The monoisotopic (exact) mass is 413 g/mol. The van der Waals surface area contributed by atoms with Crippen LogP contribution in [0.25, 0.3) is 10.6 Å². The molecule has 4 rings (SSSR count). The maximum Gasteiger partial charge on any atom is 0.294 e. The molecule has 1 aliphatic carbocycles. The predicted molar refractivity (Wildman–Crippen MR) is 115 cm³/mol. The zero-order chi connectivity index (χ0) is 19.7. The van der Waals surface area contributed by atoms with E-state index >= 15 is 0 Å². The van der Waals surface area contributed by atoms with Crippen LogP contribution < -0.4 is 4.80 Å². The van der Waals surface area contributed by atoms with Crippen molar-refractivity contribution in [2.24, 2.45) is 16.8 Å². The molecule has 0 radical (unpaired) electrons. The van der Waals surface area contributed by atoms with Crippen LogP contribution in [0.3, 0.4) is 0 Å². The van der Waals surface area contributed by atoms with Crippen molar-refractivity contribution < 1.29 is 4.92 Å². The van der Waals surface area contributed by atoms with Crippen molar-refractivity contribution in [3.8, 4) is 10.6 Å². The Morgan fingerprint density at radius 2 is 1.96 bits per heavy atom. The summed E-state index contributed by atoms with van der Waals surface area (Å²) in [5.74, 6) is 1.19. The number of aromatic nitrogens is 1. The molecule has 3 unspecified atom stereocenters. The molecule has 28 heavy (non-hydrogen) atoms. The molecule has 0 spiro atoms. The second-order valence-electron chi connectivity index (χ2n) is 7.44. The van der Waals surface area contributed by atoms with Gasteiger partial charge in [0.2, 0.25) is 0 Å². The van der Waals surface area contributed by atoms with Crippen molar-refractivity contribution >= 4 is 34.0 Å². The van der Waals surface area contributed by atoms with Crippen LogP contribution in [0, 0.1) is 22.0 Å². The molecular formula is C21H23N3O2S2. The molecular weight excluding hydrogens is 390 g/mol. The number of nitro benzene ring substituents is 1. The van der Waals surface area contributed by atoms with E-state index < -0.39 is 0 Å². The normalized spacial score (nSPS) is 23.1. The van der Waals surface area contributed by atoms with E-state index in [0.29, 0.717) is 23.6 Å². The first-order chi connectivity index (χ1) is 13.6. The smallest absolute Gasteiger partial charge is 0.294 e. The molecule has 5 nitrogen and oxygen atoms in total. The Balaban J connectivity index is 1.91. The maximum atomic E-state index is 11.4. The van der Waals surface area contributed by atoms with Gasteiger partial charge in [-0.15, -0.1) is 22.7 Å². The molecule has 7 heteroatoms. The molecule has 1 saturated carbocycles. The number of thiophene rings is 1. The maximum absolute atomic E-state index is 11.4. The van der Waals surface area contributed by atoms with Gasteiger partial charge in [-0.05, 0) is 35.8 Å². The number of thiazole rings is 1. The molecule has 146 valence electrons. The predicted octanol–water partition coefficient (Wildman–Crippen LogP) is 6.42. The first kappa shape index (κ1) is 19.1. The van der Waals surface area contributed by atoms with Crippen LogP contribution in [0.15, 0.2) is 52.2 Å². The summed E-state index contributed by atoms with van der Waals surface area (Å²) in [5, 5.41) is 15.7. The fourth-order valence-electron chi connectivity index (χ4n) is 4.06. The zero-order valence-corrected chi connectivity index (χ0v) is 17.6. The Labute approximate surface area is 172 Å². The van der Waals surface area contributed by atoms with Crippen molar-refractivity contribution in [1.82, 2.24) is 4.57 Å². The molecule has 0 N–H and O–H groups in total. The van der Waals surface area contributed by atoms with Crippen LogP contribution in [-0.4, -0.2) is 9.49 Å². The second-order valence-corrected chi connectivity index (χ2v) is 9.23. The fraction of sp³-hybridized carbons (Fsp3) is 0.381. The molecule has 0 amide bonds. The van der Waals surface area contributed by atoms with E-state index in [-0.39, 0.29) is 10.6 Å². The van der Waals surface area contributed by atoms with Gasteiger partial charge < -0.3 is 4.57 Å². The Morgan fingerprint density at radius 3 is 2.71 bits per heavy atom. The van der Waals surface area contributed by atoms with E-state index in [9.17, 15) is 10.1 Å². The van der Waals surface area contributed by atoms with Gasteiger partial charge in [0, 0.05) is 17.5 Å². The summed E-state index contributed by atoms with van der Waals surface area (Å²) >= 11 is 3.29. The van der Waals surface area contributed by atoms with Crippen LogP contribution in [0.1, 0.15) is 39.2 Å². The summed E-state index contributed by atoms with van der Waals surface area (Å²) in [7, 11) is 0. The minimum Gasteiger partial charge on any atom is -0.312 e. The molecule has 3 atom stereocenters. The van der Waals surface area contributed by atoms with Gasteiger partial charge in [-0.25, -0.2) is 4.99 Å². The third-order valence-corrected chi connectivity index (χ3v) is 7.54. The summed E-state index contributed by atoms with van der Waals surface area (Å²) in [5.41, 5.74) is 1.63. The number of rotatable bonds is 4. The van der Waals surface area contributed by atoms with Gasteiger partial charge in [0.25, 0.3) is 5.69 Å². The quantitative estimate of drug-likeness (QED) is 0.366. The van der Waals surface area contributed by atoms with Crippen molar-refractivity contribution in [2.75, 3.05) is 0 Å². The van der Waals surface area contributed by atoms with Crippen LogP contribution in [0.2, 0.25) is 0 Å². The Hall–Kier alpha value is -2.25. The molecule has 2 heterocycles. The topological polar surface area (TPSA) is 60.4 Å². The first-order valence-corrected chi connectivity index (χ1v) is 11.3. The van der Waals surface area contributed by atoms with Gasteiger partial charge in [0.05, 0.1) is 15.5 Å². The van der Waals surface area contributed by atoms with E-state index in [2.05, 4.69) is 41.3 Å². The zero-order valence-electron chi connectivity index (χ0n) is 15.9. The second kappa shape index (κ2) is 8.01. The van der Waals surface area contributed by atoms with Gasteiger partial charge in [0.15, 0.2) is 4.80 Å². The molecule has 0 aliphatic heterocycles. The largest absolute Gasteiger partial charge is 0.312 e. The first-order valence-electron chi connectivity index (χ1n) is 9.58. The highest BCUT2D eigenvalue weighted by molar-refractivity contribution is 7.14. The van der Waals surface area contributed by atoms with E-state index in [1.54, 1.807) is 40.9 Å². The SMILES string of the molecule is CC1CCCC(n2c(-c3cccs3)csc2=Nc2ccccc2[N+](=O)[O-])C1C. The van der Waals surface area contributed by atoms with Crippen molar-refractivity contribution in [3.63, 3.8) is 0 Å². The van der Waals surface area contributed by atoms with Gasteiger partial charge in [-0.1, -0.05) is 44.9 Å². The third-order valence-electron chi connectivity index (χ3n) is 5.81. The molecule has 0 saturated heterocycles. The van der Waals surface area contributed by atoms with E-state index in [4.69, 9.17) is 4.99 Å². The number of hydrogen-bond acceptors (Lipinski definition) is 5. The van der Waals surface area contributed by atoms with Crippen molar-refractivity contribution in [2.45, 2.75) is 39.2 Å². The summed E-state index contributed by atoms with van der Waals surface area (Å²) in [6.07, 6.45) is 3.58. The standard InChI is InChI=1S/C21H23N3O2S2/c1-14-7-5-10-17(15(14)2)23-19(20-11-6-12-27-20)13-28-21(23)22-16-8-3-4-9-18(16)24(25)26/h3-4,6,8-9,11-15,17H,5,7,10H2,1-2H3. The third kappa shape index (κ3) is 3.56. The van der Waals surface area contributed by atoms with E-state index in [1.807, 2.05) is 0 Å². The van der Waals surface area contributed by atoms with Crippen LogP contribution in [0.4, 0.5) is 11.4 Å². The van der Waals surface area contributed by atoms with Gasteiger partial charge in [0.1, 0.15) is 5.69 Å². The highest BCUT2D eigenvalue weighted by Gasteiger charge is 2.30. The highest BCUT2D eigenvalue weighted by Crippen LogP contribution is 2.40. The molecule has 3 aromatic rings. The number of para-hydroxylation sites is 2. The average molecular weight is 414 g/mol. The fourth-order valence-corrected chi connectivity index (χ4v) is 5.83. The average Bonchev–Trinajstić information content (AvgIpc) is 3.34. The van der Waals surface area contributed by atoms with Crippen molar-refractivity contribution in [3.05, 3.63) is 62.1 Å². The summed E-state index contributed by atoms with van der Waals surface area (Å²) in [6, 6.07) is 11.3. The lowest BCUT2D eigenvalue weighted by atomic mass is 9.78. The van der Waals surface area contributed by atoms with Gasteiger partial charge >= 0.3 is 0 Å². The van der Waals surface area contributed by atoms with Gasteiger partial charge in [-0.2, -0.15) is 0 Å². The summed E-state index contributed by atoms with van der Waals surface area (Å²) in [4.78, 5) is 17.9. The minimum absolute atomic E-state index is 0.0465. The van der Waals surface area contributed by atoms with E-state index in [1.165, 1.54) is 29.5 Å². The Bertz CT molecular complexity index is 1040. The summed E-state index contributed by atoms with van der Waals surface area (Å²) in [6.45, 7) is 4.65. The Morgan fingerprint density at radius 1 is 1.14 bits per heavy atom. The van der Waals surface area contributed by atoms with E-state index in [0.717, 1.165) is 11.2 Å².